The highest BCUT2D eigenvalue weighted by atomic mass is 16.5. The zero-order valence-corrected chi connectivity index (χ0v) is 33.9. The third-order valence-electron chi connectivity index (χ3n) is 14.7. The summed E-state index contributed by atoms with van der Waals surface area (Å²) in [6, 6.07) is 0. The van der Waals surface area contributed by atoms with Crippen LogP contribution < -0.4 is 17.2 Å². The molecule has 4 rings (SSSR count). The molecule has 11 atom stereocenters. The number of nitrogens with two attached hydrogens (primary N) is 3. The lowest BCUT2D eigenvalue weighted by molar-refractivity contribution is -0.227. The van der Waals surface area contributed by atoms with Crippen LogP contribution in [0, 0.1) is 46.3 Å². The van der Waals surface area contributed by atoms with E-state index >= 15 is 0 Å². The van der Waals surface area contributed by atoms with Gasteiger partial charge in [-0.25, -0.2) is 0 Å². The van der Waals surface area contributed by atoms with Gasteiger partial charge in [-0.1, -0.05) is 60.3 Å². The summed E-state index contributed by atoms with van der Waals surface area (Å²) in [6.45, 7) is 18.3. The zero-order valence-electron chi connectivity index (χ0n) is 33.9. The molecule has 1 amide bonds. The van der Waals surface area contributed by atoms with E-state index in [4.69, 9.17) is 31.4 Å². The van der Waals surface area contributed by atoms with Gasteiger partial charge in [-0.05, 0) is 144 Å². The molecule has 0 aromatic rings. The van der Waals surface area contributed by atoms with Crippen molar-refractivity contribution in [2.45, 2.75) is 169 Å². The normalized spacial score (nSPS) is 35.2. The van der Waals surface area contributed by atoms with Crippen LogP contribution in [-0.2, 0) is 19.0 Å². The monoisotopic (exact) mass is 719 g/mol. The Balaban J connectivity index is 1.56. The summed E-state index contributed by atoms with van der Waals surface area (Å²) in [5.74, 6) is 3.63. The molecule has 8 nitrogen and oxygen atoms in total. The van der Waals surface area contributed by atoms with Crippen LogP contribution in [0.15, 0.2) is 0 Å². The van der Waals surface area contributed by atoms with Gasteiger partial charge in [0.15, 0.2) is 0 Å². The van der Waals surface area contributed by atoms with Crippen LogP contribution >= 0.6 is 0 Å². The number of fused-ring (bicyclic) bond motifs is 5. The highest BCUT2D eigenvalue weighted by molar-refractivity contribution is 5.76. The first kappa shape index (κ1) is 43.0. The number of hydrogen-bond donors (Lipinski definition) is 3. The van der Waals surface area contributed by atoms with Crippen LogP contribution in [0.1, 0.15) is 150 Å². The Bertz CT molecular complexity index is 991. The maximum absolute atomic E-state index is 13.7. The Labute approximate surface area is 313 Å². The molecule has 8 heteroatoms. The van der Waals surface area contributed by atoms with Crippen molar-refractivity contribution in [2.75, 3.05) is 52.5 Å². The highest BCUT2D eigenvalue weighted by Crippen LogP contribution is 2.69. The van der Waals surface area contributed by atoms with E-state index in [1.807, 2.05) is 0 Å². The van der Waals surface area contributed by atoms with Crippen molar-refractivity contribution in [1.29, 1.82) is 0 Å². The van der Waals surface area contributed by atoms with E-state index in [1.54, 1.807) is 0 Å². The molecule has 0 aromatic carbocycles. The smallest absolute Gasteiger partial charge is 0.222 e. The van der Waals surface area contributed by atoms with Crippen LogP contribution in [0.5, 0.6) is 0 Å². The van der Waals surface area contributed by atoms with Crippen LogP contribution in [0.2, 0.25) is 0 Å². The van der Waals surface area contributed by atoms with Crippen molar-refractivity contribution in [3.05, 3.63) is 0 Å². The fourth-order valence-corrected chi connectivity index (χ4v) is 11.8. The Morgan fingerprint density at radius 2 is 1.39 bits per heavy atom. The molecule has 4 aliphatic carbocycles. The van der Waals surface area contributed by atoms with Crippen LogP contribution in [0.25, 0.3) is 0 Å². The maximum atomic E-state index is 13.7. The lowest BCUT2D eigenvalue weighted by atomic mass is 9.43. The van der Waals surface area contributed by atoms with Gasteiger partial charge in [0.1, 0.15) is 0 Å². The third-order valence-corrected chi connectivity index (χ3v) is 14.7. The van der Waals surface area contributed by atoms with Gasteiger partial charge in [0, 0.05) is 44.7 Å². The largest absolute Gasteiger partial charge is 0.378 e. The van der Waals surface area contributed by atoms with E-state index in [-0.39, 0.29) is 23.0 Å². The van der Waals surface area contributed by atoms with Crippen LogP contribution in [0.3, 0.4) is 0 Å². The lowest BCUT2D eigenvalue weighted by Gasteiger charge is -2.65. The van der Waals surface area contributed by atoms with Gasteiger partial charge < -0.3 is 36.3 Å². The van der Waals surface area contributed by atoms with E-state index < -0.39 is 0 Å². The number of unbranched alkanes of at least 4 members (excludes halogenated alkanes) is 4. The molecule has 4 aliphatic rings. The Morgan fingerprint density at radius 3 is 2.02 bits per heavy atom. The van der Waals surface area contributed by atoms with Gasteiger partial charge in [0.2, 0.25) is 5.91 Å². The second kappa shape index (κ2) is 21.4. The summed E-state index contributed by atoms with van der Waals surface area (Å²) < 4.78 is 20.4. The molecular weight excluding hydrogens is 636 g/mol. The first-order valence-corrected chi connectivity index (χ1v) is 21.9. The second-order valence-corrected chi connectivity index (χ2v) is 17.8. The Morgan fingerprint density at radius 1 is 0.765 bits per heavy atom. The number of carbonyl (C=O) groups is 1. The van der Waals surface area contributed by atoms with Crippen molar-refractivity contribution >= 4 is 5.91 Å². The topological polar surface area (TPSA) is 126 Å². The van der Waals surface area contributed by atoms with Gasteiger partial charge in [0.25, 0.3) is 0 Å². The average Bonchev–Trinajstić information content (AvgIpc) is 3.48. The average molecular weight is 719 g/mol. The van der Waals surface area contributed by atoms with Crippen LogP contribution in [0.4, 0.5) is 0 Å². The van der Waals surface area contributed by atoms with Gasteiger partial charge in [-0.15, -0.1) is 0 Å². The number of rotatable bonds is 24. The summed E-state index contributed by atoms with van der Waals surface area (Å²) in [6.07, 6.45) is 20.4. The summed E-state index contributed by atoms with van der Waals surface area (Å²) >= 11 is 0. The first-order chi connectivity index (χ1) is 24.7. The standard InChI is InChI=1S/C43H82N4O4/c1-6-8-10-24-47(25-11-9-7-2)40(48)18-15-32(3)35-16-17-36-41-37(31-39(43(35,36)5)51-28-14-23-46)42(4)20-19-34(49-26-12-21-44)29-33(42)30-38(41)50-27-13-22-45/h32-39,41H,6-31,44-46H2,1-5H3/t32-,33+,34?,35-,36+,37+,38-,39+,41+,42+,43-/m1/s1. The minimum atomic E-state index is 0.0569. The number of amides is 1. The minimum absolute atomic E-state index is 0.0569. The molecule has 6 N–H and O–H groups in total. The molecule has 51 heavy (non-hydrogen) atoms. The molecule has 0 spiro atoms. The molecule has 4 saturated carbocycles. The molecular formula is C43H82N4O4. The highest BCUT2D eigenvalue weighted by Gasteiger charge is 2.66. The number of hydrogen-bond acceptors (Lipinski definition) is 7. The minimum Gasteiger partial charge on any atom is -0.378 e. The molecule has 0 aliphatic heterocycles. The fraction of sp³-hybridized carbons (Fsp3) is 0.977. The number of nitrogens with zero attached hydrogens (tertiary/aromatic N) is 1. The Hall–Kier alpha value is -0.770. The molecule has 0 aromatic heterocycles. The SMILES string of the molecule is CCCCCN(CCCCC)C(=O)CC[C@@H](C)[C@H]1CC[C@H]2[C@@H]3[C@H](OCCCN)C[C@@H]4CC(OCCCN)CC[C@]4(C)[C@H]3C[C@H](OCCCN)[C@]12C. The first-order valence-electron chi connectivity index (χ1n) is 21.9. The molecule has 4 fully saturated rings. The van der Waals surface area contributed by atoms with E-state index in [9.17, 15) is 4.79 Å². The van der Waals surface area contributed by atoms with Gasteiger partial charge in [-0.3, -0.25) is 4.79 Å². The van der Waals surface area contributed by atoms with Gasteiger partial charge >= 0.3 is 0 Å². The van der Waals surface area contributed by atoms with Crippen LogP contribution in [-0.4, -0.2) is 81.7 Å². The summed E-state index contributed by atoms with van der Waals surface area (Å²) in [7, 11) is 0. The van der Waals surface area contributed by atoms with Gasteiger partial charge in [-0.2, -0.15) is 0 Å². The molecule has 1 unspecified atom stereocenters. The molecule has 0 bridgehead atoms. The van der Waals surface area contributed by atoms with Crippen molar-refractivity contribution in [2.24, 2.45) is 63.5 Å². The van der Waals surface area contributed by atoms with Crippen molar-refractivity contribution in [3.8, 4) is 0 Å². The summed E-state index contributed by atoms with van der Waals surface area (Å²) in [5, 5.41) is 0. The second-order valence-electron chi connectivity index (χ2n) is 17.8. The summed E-state index contributed by atoms with van der Waals surface area (Å²) in [5.41, 5.74) is 18.1. The fourth-order valence-electron chi connectivity index (χ4n) is 11.8. The number of ether oxygens (including phenoxy) is 3. The van der Waals surface area contributed by atoms with E-state index in [0.29, 0.717) is 73.6 Å². The van der Waals surface area contributed by atoms with E-state index in [2.05, 4.69) is 39.5 Å². The molecule has 0 heterocycles. The molecule has 298 valence electrons. The van der Waals surface area contributed by atoms with E-state index in [1.165, 1.54) is 44.9 Å². The zero-order chi connectivity index (χ0) is 36.9. The van der Waals surface area contributed by atoms with Crippen molar-refractivity contribution in [1.82, 2.24) is 4.90 Å². The van der Waals surface area contributed by atoms with Crippen molar-refractivity contribution < 1.29 is 19.0 Å². The molecule has 0 radical (unpaired) electrons. The lowest BCUT2D eigenvalue weighted by Crippen LogP contribution is -2.63. The maximum Gasteiger partial charge on any atom is 0.222 e. The third kappa shape index (κ3) is 10.5. The predicted octanol–water partition coefficient (Wildman–Crippen LogP) is 7.69. The number of carbonyl (C=O) groups excluding carboxylic acids is 1. The van der Waals surface area contributed by atoms with Crippen molar-refractivity contribution in [3.63, 3.8) is 0 Å². The Kier molecular flexibility index (Phi) is 18.0. The predicted molar refractivity (Wildman–Crippen MR) is 210 cm³/mol. The molecule has 0 saturated heterocycles. The summed E-state index contributed by atoms with van der Waals surface area (Å²) in [4.78, 5) is 15.9. The quantitative estimate of drug-likeness (QED) is 0.0874. The van der Waals surface area contributed by atoms with E-state index in [0.717, 1.165) is 97.1 Å². The van der Waals surface area contributed by atoms with Gasteiger partial charge in [0.05, 0.1) is 18.3 Å².